The van der Waals surface area contributed by atoms with E-state index in [9.17, 15) is 0 Å². The standard InChI is InChI=1S/C15H18N4/c1-18-13-10-17-15(18)8-12-19(11-5-9-16)14-6-3-2-4-7-14/h2-4,6-7,10,13H,5,8,11-12H2,1H3. The van der Waals surface area contributed by atoms with E-state index in [4.69, 9.17) is 5.26 Å². The van der Waals surface area contributed by atoms with E-state index in [-0.39, 0.29) is 0 Å². The zero-order valence-corrected chi connectivity index (χ0v) is 11.2. The Morgan fingerprint density at radius 1 is 1.26 bits per heavy atom. The molecule has 0 fully saturated rings. The van der Waals surface area contributed by atoms with Crippen LogP contribution in [0.5, 0.6) is 0 Å². The van der Waals surface area contributed by atoms with Crippen LogP contribution in [0.25, 0.3) is 0 Å². The van der Waals surface area contributed by atoms with Crippen molar-refractivity contribution in [3.8, 4) is 6.07 Å². The Morgan fingerprint density at radius 3 is 2.68 bits per heavy atom. The molecule has 0 saturated carbocycles. The Labute approximate surface area is 113 Å². The maximum atomic E-state index is 8.77. The van der Waals surface area contributed by atoms with Gasteiger partial charge in [0.05, 0.1) is 12.5 Å². The Hall–Kier alpha value is -2.28. The van der Waals surface area contributed by atoms with Gasteiger partial charge in [-0.15, -0.1) is 0 Å². The molecule has 0 radical (unpaired) electrons. The van der Waals surface area contributed by atoms with Crippen LogP contribution in [0, 0.1) is 11.3 Å². The number of nitrogens with zero attached hydrogens (tertiary/aromatic N) is 4. The molecule has 1 aromatic carbocycles. The quantitative estimate of drug-likeness (QED) is 0.795. The number of hydrogen-bond acceptors (Lipinski definition) is 3. The first-order valence-corrected chi connectivity index (χ1v) is 6.44. The first-order valence-electron chi connectivity index (χ1n) is 6.44. The van der Waals surface area contributed by atoms with Gasteiger partial charge in [-0.3, -0.25) is 0 Å². The zero-order chi connectivity index (χ0) is 13.5. The predicted octanol–water partition coefficient (Wildman–Crippen LogP) is 2.38. The molecule has 1 heterocycles. The summed E-state index contributed by atoms with van der Waals surface area (Å²) < 4.78 is 2.04. The Balaban J connectivity index is 2.02. The van der Waals surface area contributed by atoms with Crippen LogP contribution < -0.4 is 4.90 Å². The highest BCUT2D eigenvalue weighted by Gasteiger charge is 2.07. The Kier molecular flexibility index (Phi) is 4.57. The Bertz CT molecular complexity index is 539. The van der Waals surface area contributed by atoms with Gasteiger partial charge in [-0.2, -0.15) is 5.26 Å². The maximum Gasteiger partial charge on any atom is 0.110 e. The predicted molar refractivity (Wildman–Crippen MR) is 75.8 cm³/mol. The fraction of sp³-hybridized carbons (Fsp3) is 0.333. The minimum absolute atomic E-state index is 0.537. The van der Waals surface area contributed by atoms with E-state index in [0.29, 0.717) is 6.42 Å². The van der Waals surface area contributed by atoms with Crippen molar-refractivity contribution in [2.24, 2.45) is 7.05 Å². The molecule has 0 bridgehead atoms. The first-order chi connectivity index (χ1) is 9.31. The van der Waals surface area contributed by atoms with E-state index in [1.54, 1.807) is 0 Å². The van der Waals surface area contributed by atoms with E-state index < -0.39 is 0 Å². The lowest BCUT2D eigenvalue weighted by Crippen LogP contribution is -2.27. The van der Waals surface area contributed by atoms with Gasteiger partial charge >= 0.3 is 0 Å². The number of benzene rings is 1. The van der Waals surface area contributed by atoms with Crippen LogP contribution in [0.3, 0.4) is 0 Å². The van der Waals surface area contributed by atoms with Crippen LogP contribution in [0.4, 0.5) is 5.69 Å². The number of para-hydroxylation sites is 1. The highest BCUT2D eigenvalue weighted by atomic mass is 15.1. The van der Waals surface area contributed by atoms with Crippen LogP contribution in [0.1, 0.15) is 12.2 Å². The fourth-order valence-corrected chi connectivity index (χ4v) is 2.07. The lowest BCUT2D eigenvalue weighted by molar-refractivity contribution is 0.723. The summed E-state index contributed by atoms with van der Waals surface area (Å²) >= 11 is 0. The molecule has 4 nitrogen and oxygen atoms in total. The lowest BCUT2D eigenvalue weighted by Gasteiger charge is -2.23. The van der Waals surface area contributed by atoms with Gasteiger partial charge in [0, 0.05) is 44.6 Å². The molecule has 2 rings (SSSR count). The molecule has 1 aromatic heterocycles. The summed E-state index contributed by atoms with van der Waals surface area (Å²) in [4.78, 5) is 6.57. The molecule has 0 saturated heterocycles. The normalized spacial score (nSPS) is 10.1. The third kappa shape index (κ3) is 3.59. The summed E-state index contributed by atoms with van der Waals surface area (Å²) in [7, 11) is 2.00. The largest absolute Gasteiger partial charge is 0.370 e. The van der Waals surface area contributed by atoms with Crippen molar-refractivity contribution < 1.29 is 0 Å². The summed E-state index contributed by atoms with van der Waals surface area (Å²) in [5.74, 6) is 1.07. The van der Waals surface area contributed by atoms with E-state index in [1.165, 1.54) is 0 Å². The van der Waals surface area contributed by atoms with Crippen LogP contribution in [0.15, 0.2) is 42.7 Å². The van der Waals surface area contributed by atoms with E-state index in [1.807, 2.05) is 42.2 Å². The number of hydrogen-bond donors (Lipinski definition) is 0. The second kappa shape index (κ2) is 6.60. The highest BCUT2D eigenvalue weighted by Crippen LogP contribution is 2.14. The third-order valence-corrected chi connectivity index (χ3v) is 3.14. The van der Waals surface area contributed by atoms with Gasteiger partial charge in [0.1, 0.15) is 5.82 Å². The van der Waals surface area contributed by atoms with Crippen molar-refractivity contribution in [3.63, 3.8) is 0 Å². The minimum atomic E-state index is 0.537. The average molecular weight is 254 g/mol. The second-order valence-electron chi connectivity index (χ2n) is 4.44. The molecule has 0 unspecified atom stereocenters. The molecule has 0 amide bonds. The molecule has 0 aliphatic heterocycles. The molecule has 4 heteroatoms. The molecule has 0 spiro atoms. The number of aryl methyl sites for hydroxylation is 1. The first kappa shape index (κ1) is 13.2. The summed E-state index contributed by atoms with van der Waals surface area (Å²) in [5, 5.41) is 8.77. The van der Waals surface area contributed by atoms with Crippen LogP contribution in [-0.4, -0.2) is 22.6 Å². The summed E-state index contributed by atoms with van der Waals surface area (Å²) in [6.07, 6.45) is 5.19. The molecule has 0 N–H and O–H groups in total. The summed E-state index contributed by atoms with van der Waals surface area (Å²) in [6, 6.07) is 12.4. The van der Waals surface area contributed by atoms with Crippen molar-refractivity contribution in [2.45, 2.75) is 12.8 Å². The highest BCUT2D eigenvalue weighted by molar-refractivity contribution is 5.46. The van der Waals surface area contributed by atoms with Crippen molar-refractivity contribution in [2.75, 3.05) is 18.0 Å². The van der Waals surface area contributed by atoms with E-state index in [2.05, 4.69) is 28.1 Å². The summed E-state index contributed by atoms with van der Waals surface area (Å²) in [6.45, 7) is 1.63. The van der Waals surface area contributed by atoms with Crippen LogP contribution in [-0.2, 0) is 13.5 Å². The molecule has 2 aromatic rings. The molecular weight excluding hydrogens is 236 g/mol. The Morgan fingerprint density at radius 2 is 2.05 bits per heavy atom. The van der Waals surface area contributed by atoms with Crippen LogP contribution >= 0.6 is 0 Å². The van der Waals surface area contributed by atoms with Gasteiger partial charge in [0.15, 0.2) is 0 Å². The third-order valence-electron chi connectivity index (χ3n) is 3.14. The number of imidazole rings is 1. The van der Waals surface area contributed by atoms with Crippen molar-refractivity contribution in [1.29, 1.82) is 5.26 Å². The fourth-order valence-electron chi connectivity index (χ4n) is 2.07. The van der Waals surface area contributed by atoms with E-state index >= 15 is 0 Å². The SMILES string of the molecule is Cn1ccnc1CCN(CCC#N)c1ccccc1. The number of nitriles is 1. The van der Waals surface area contributed by atoms with Crippen molar-refractivity contribution in [3.05, 3.63) is 48.5 Å². The topological polar surface area (TPSA) is 44.9 Å². The minimum Gasteiger partial charge on any atom is -0.370 e. The van der Waals surface area contributed by atoms with E-state index in [0.717, 1.165) is 31.0 Å². The second-order valence-corrected chi connectivity index (χ2v) is 4.44. The van der Waals surface area contributed by atoms with Gasteiger partial charge in [0.2, 0.25) is 0 Å². The van der Waals surface area contributed by atoms with Gasteiger partial charge < -0.3 is 9.47 Å². The number of rotatable bonds is 6. The van der Waals surface area contributed by atoms with Crippen LogP contribution in [0.2, 0.25) is 0 Å². The molecular formula is C15H18N4. The molecule has 98 valence electrons. The molecule has 0 aliphatic carbocycles. The number of aromatic nitrogens is 2. The zero-order valence-electron chi connectivity index (χ0n) is 11.2. The van der Waals surface area contributed by atoms with Gasteiger partial charge in [-0.05, 0) is 12.1 Å². The van der Waals surface area contributed by atoms with Crippen molar-refractivity contribution >= 4 is 5.69 Å². The smallest absolute Gasteiger partial charge is 0.110 e. The summed E-state index contributed by atoms with van der Waals surface area (Å²) in [5.41, 5.74) is 1.16. The van der Waals surface area contributed by atoms with Gasteiger partial charge in [0.25, 0.3) is 0 Å². The molecule has 19 heavy (non-hydrogen) atoms. The lowest BCUT2D eigenvalue weighted by atomic mass is 10.2. The van der Waals surface area contributed by atoms with Crippen molar-refractivity contribution in [1.82, 2.24) is 9.55 Å². The number of anilines is 1. The maximum absolute atomic E-state index is 8.77. The van der Waals surface area contributed by atoms with Gasteiger partial charge in [-0.1, -0.05) is 18.2 Å². The molecule has 0 atom stereocenters. The monoisotopic (exact) mass is 254 g/mol. The van der Waals surface area contributed by atoms with Gasteiger partial charge in [-0.25, -0.2) is 4.98 Å². The average Bonchev–Trinajstić information content (AvgIpc) is 2.85. The molecule has 0 aliphatic rings.